The number of rotatable bonds is 3. The summed E-state index contributed by atoms with van der Waals surface area (Å²) in [5.41, 5.74) is 2.18. The Morgan fingerprint density at radius 3 is 2.89 bits per heavy atom. The normalized spacial score (nSPS) is 16.9. The topological polar surface area (TPSA) is 39.1 Å². The van der Waals surface area contributed by atoms with Crippen LogP contribution in [0.15, 0.2) is 23.4 Å². The monoisotopic (exact) mass is 277 g/mol. The fourth-order valence-electron chi connectivity index (χ4n) is 2.45. The molecule has 19 heavy (non-hydrogen) atoms. The summed E-state index contributed by atoms with van der Waals surface area (Å²) in [6.45, 7) is 2.24. The van der Waals surface area contributed by atoms with Crippen LogP contribution in [0.2, 0.25) is 0 Å². The van der Waals surface area contributed by atoms with Crippen molar-refractivity contribution in [3.63, 3.8) is 0 Å². The van der Waals surface area contributed by atoms with Crippen LogP contribution in [0.5, 0.6) is 5.75 Å². The summed E-state index contributed by atoms with van der Waals surface area (Å²) >= 11 is 1.90. The Balaban J connectivity index is 1.88. The summed E-state index contributed by atoms with van der Waals surface area (Å²) in [7, 11) is 3.78. The summed E-state index contributed by atoms with van der Waals surface area (Å²) in [5.74, 6) is 0.865. The van der Waals surface area contributed by atoms with E-state index in [2.05, 4.69) is 23.0 Å². The zero-order valence-electron chi connectivity index (χ0n) is 11.3. The van der Waals surface area contributed by atoms with E-state index < -0.39 is 0 Å². The number of hydrogen-bond donors (Lipinski definition) is 1. The molecule has 0 radical (unpaired) electrons. The van der Waals surface area contributed by atoms with Gasteiger partial charge in [-0.3, -0.25) is 0 Å². The Kier molecular flexibility index (Phi) is 3.66. The number of aromatic nitrogens is 2. The summed E-state index contributed by atoms with van der Waals surface area (Å²) in [4.78, 5) is 4.74. The quantitative estimate of drug-likeness (QED) is 0.935. The van der Waals surface area contributed by atoms with Gasteiger partial charge in [0, 0.05) is 18.4 Å². The van der Waals surface area contributed by atoms with Gasteiger partial charge in [0.1, 0.15) is 5.75 Å². The molecule has 2 aromatic rings. The molecule has 1 aliphatic heterocycles. The highest BCUT2D eigenvalue weighted by molar-refractivity contribution is 7.99. The van der Waals surface area contributed by atoms with Crippen molar-refractivity contribution in [1.82, 2.24) is 14.9 Å². The van der Waals surface area contributed by atoms with Crippen molar-refractivity contribution in [2.75, 3.05) is 20.2 Å². The lowest BCUT2D eigenvalue weighted by molar-refractivity contribution is 0.415. The van der Waals surface area contributed by atoms with Crippen LogP contribution >= 0.6 is 11.8 Å². The van der Waals surface area contributed by atoms with Crippen LogP contribution in [0.25, 0.3) is 11.0 Å². The summed E-state index contributed by atoms with van der Waals surface area (Å²) < 4.78 is 7.44. The number of aryl methyl sites for hydroxylation is 1. The highest BCUT2D eigenvalue weighted by Crippen LogP contribution is 2.31. The van der Waals surface area contributed by atoms with Gasteiger partial charge in [-0.15, -0.1) is 0 Å². The number of methoxy groups -OCH3 is 1. The molecule has 1 fully saturated rings. The lowest BCUT2D eigenvalue weighted by Crippen LogP contribution is -2.29. The van der Waals surface area contributed by atoms with E-state index in [1.54, 1.807) is 7.11 Å². The first-order valence-electron chi connectivity index (χ1n) is 6.66. The molecule has 3 rings (SSSR count). The van der Waals surface area contributed by atoms with Crippen LogP contribution in [0.1, 0.15) is 12.8 Å². The molecular formula is C14H19N3OS. The fourth-order valence-corrected chi connectivity index (χ4v) is 3.63. The van der Waals surface area contributed by atoms with Gasteiger partial charge in [0.2, 0.25) is 0 Å². The molecule has 4 nitrogen and oxygen atoms in total. The predicted octanol–water partition coefficient (Wildman–Crippen LogP) is 2.43. The smallest absolute Gasteiger partial charge is 0.169 e. The van der Waals surface area contributed by atoms with E-state index in [1.165, 1.54) is 12.8 Å². The van der Waals surface area contributed by atoms with Crippen molar-refractivity contribution >= 4 is 22.8 Å². The van der Waals surface area contributed by atoms with Gasteiger partial charge in [0.25, 0.3) is 0 Å². The van der Waals surface area contributed by atoms with Crippen LogP contribution in [-0.4, -0.2) is 35.0 Å². The summed E-state index contributed by atoms with van der Waals surface area (Å²) in [6.07, 6.45) is 2.44. The van der Waals surface area contributed by atoms with Crippen LogP contribution in [0, 0.1) is 0 Å². The van der Waals surface area contributed by atoms with E-state index >= 15 is 0 Å². The molecule has 0 atom stereocenters. The van der Waals surface area contributed by atoms with E-state index in [1.807, 2.05) is 23.9 Å². The second-order valence-corrected chi connectivity index (χ2v) is 6.14. The number of piperidine rings is 1. The molecule has 0 unspecified atom stereocenters. The molecule has 0 aliphatic carbocycles. The van der Waals surface area contributed by atoms with Gasteiger partial charge >= 0.3 is 0 Å². The van der Waals surface area contributed by atoms with Gasteiger partial charge in [-0.05, 0) is 38.1 Å². The molecule has 1 aliphatic rings. The molecule has 102 valence electrons. The third kappa shape index (κ3) is 2.58. The third-order valence-corrected chi connectivity index (χ3v) is 4.99. The Morgan fingerprint density at radius 1 is 1.37 bits per heavy atom. The number of fused-ring (bicyclic) bond motifs is 1. The molecule has 0 saturated carbocycles. The van der Waals surface area contributed by atoms with Gasteiger partial charge < -0.3 is 14.6 Å². The van der Waals surface area contributed by atoms with Gasteiger partial charge in [-0.25, -0.2) is 4.98 Å². The zero-order chi connectivity index (χ0) is 13.2. The maximum Gasteiger partial charge on any atom is 0.169 e. The predicted molar refractivity (Wildman–Crippen MR) is 79.0 cm³/mol. The number of nitrogens with one attached hydrogen (secondary N) is 1. The standard InChI is InChI=1S/C14H19N3OS/c1-17-13-4-3-10(18-2)9-12(13)16-14(17)19-11-5-7-15-8-6-11/h3-4,9,11,15H,5-8H2,1-2H3. The van der Waals surface area contributed by atoms with Crippen LogP contribution in [0.4, 0.5) is 0 Å². The van der Waals surface area contributed by atoms with Crippen LogP contribution in [0.3, 0.4) is 0 Å². The van der Waals surface area contributed by atoms with E-state index in [4.69, 9.17) is 9.72 Å². The van der Waals surface area contributed by atoms with Crippen molar-refractivity contribution in [2.24, 2.45) is 7.05 Å². The largest absolute Gasteiger partial charge is 0.497 e. The number of imidazole rings is 1. The van der Waals surface area contributed by atoms with E-state index in [0.29, 0.717) is 5.25 Å². The molecular weight excluding hydrogens is 258 g/mol. The second-order valence-electron chi connectivity index (χ2n) is 4.88. The molecule has 0 amide bonds. The number of hydrogen-bond acceptors (Lipinski definition) is 4. The molecule has 0 spiro atoms. The van der Waals surface area contributed by atoms with Crippen molar-refractivity contribution in [3.8, 4) is 5.75 Å². The fraction of sp³-hybridized carbons (Fsp3) is 0.500. The first-order chi connectivity index (χ1) is 9.28. The number of benzene rings is 1. The van der Waals surface area contributed by atoms with Gasteiger partial charge in [-0.1, -0.05) is 11.8 Å². The van der Waals surface area contributed by atoms with E-state index in [9.17, 15) is 0 Å². The third-order valence-electron chi connectivity index (χ3n) is 3.61. The highest BCUT2D eigenvalue weighted by Gasteiger charge is 2.18. The second kappa shape index (κ2) is 5.43. The van der Waals surface area contributed by atoms with E-state index in [0.717, 1.165) is 35.0 Å². The van der Waals surface area contributed by atoms with Crippen molar-refractivity contribution in [3.05, 3.63) is 18.2 Å². The van der Waals surface area contributed by atoms with Gasteiger partial charge in [0.15, 0.2) is 5.16 Å². The highest BCUT2D eigenvalue weighted by atomic mass is 32.2. The van der Waals surface area contributed by atoms with Crippen LogP contribution in [-0.2, 0) is 7.05 Å². The average Bonchev–Trinajstić information content (AvgIpc) is 2.76. The number of nitrogens with zero attached hydrogens (tertiary/aromatic N) is 2. The molecule has 1 N–H and O–H groups in total. The minimum atomic E-state index is 0.679. The summed E-state index contributed by atoms with van der Waals surface area (Å²) in [5, 5.41) is 5.19. The summed E-state index contributed by atoms with van der Waals surface area (Å²) in [6, 6.07) is 6.07. The van der Waals surface area contributed by atoms with Gasteiger partial charge in [-0.2, -0.15) is 0 Å². The molecule has 1 aromatic carbocycles. The Hall–Kier alpha value is -1.20. The molecule has 1 saturated heterocycles. The van der Waals surface area contributed by atoms with Crippen LogP contribution < -0.4 is 10.1 Å². The van der Waals surface area contributed by atoms with Gasteiger partial charge in [0.05, 0.1) is 18.1 Å². The first kappa shape index (κ1) is 12.8. The average molecular weight is 277 g/mol. The SMILES string of the molecule is COc1ccc2c(c1)nc(SC1CCNCC1)n2C. The lowest BCUT2D eigenvalue weighted by atomic mass is 10.2. The maximum atomic E-state index is 5.26. The van der Waals surface area contributed by atoms with E-state index in [-0.39, 0.29) is 0 Å². The first-order valence-corrected chi connectivity index (χ1v) is 7.54. The lowest BCUT2D eigenvalue weighted by Gasteiger charge is -2.21. The molecule has 1 aromatic heterocycles. The van der Waals surface area contributed by atoms with Crippen molar-refractivity contribution < 1.29 is 4.74 Å². The Morgan fingerprint density at radius 2 is 2.16 bits per heavy atom. The molecule has 2 heterocycles. The molecule has 0 bridgehead atoms. The zero-order valence-corrected chi connectivity index (χ0v) is 12.2. The number of ether oxygens (including phenoxy) is 1. The Bertz CT molecular complexity index is 575. The minimum Gasteiger partial charge on any atom is -0.497 e. The molecule has 5 heteroatoms. The number of thioether (sulfide) groups is 1. The Labute approximate surface area is 117 Å². The van der Waals surface area contributed by atoms with Crippen molar-refractivity contribution in [1.29, 1.82) is 0 Å². The van der Waals surface area contributed by atoms with Crippen molar-refractivity contribution in [2.45, 2.75) is 23.2 Å². The maximum absolute atomic E-state index is 5.26. The minimum absolute atomic E-state index is 0.679.